The predicted molar refractivity (Wildman–Crippen MR) is 115 cm³/mol. The lowest BCUT2D eigenvalue weighted by molar-refractivity contribution is -0.126. The van der Waals surface area contributed by atoms with Gasteiger partial charge in [-0.25, -0.2) is 4.98 Å². The van der Waals surface area contributed by atoms with Gasteiger partial charge in [0.25, 0.3) is 0 Å². The third-order valence-electron chi connectivity index (χ3n) is 5.66. The Morgan fingerprint density at radius 3 is 2.87 bits per heavy atom. The summed E-state index contributed by atoms with van der Waals surface area (Å²) in [5, 5.41) is 6.50. The number of nitrogens with one attached hydrogen (secondary N) is 2. The first-order valence-electron chi connectivity index (χ1n) is 10.6. The molecular weight excluding hydrogens is 382 g/mol. The van der Waals surface area contributed by atoms with Crippen LogP contribution in [0.5, 0.6) is 5.75 Å². The Hall–Kier alpha value is -2.87. The van der Waals surface area contributed by atoms with Crippen molar-refractivity contribution in [2.45, 2.75) is 31.7 Å². The molecule has 0 bridgehead atoms. The van der Waals surface area contributed by atoms with E-state index in [9.17, 15) is 4.79 Å². The number of rotatable bonds is 6. The molecule has 0 aliphatic carbocycles. The van der Waals surface area contributed by atoms with Gasteiger partial charge in [0, 0.05) is 38.5 Å². The quantitative estimate of drug-likeness (QED) is 0.756. The number of hydrogen-bond acceptors (Lipinski definition) is 7. The van der Waals surface area contributed by atoms with Gasteiger partial charge in [-0.2, -0.15) is 4.98 Å². The Labute approximate surface area is 177 Å². The summed E-state index contributed by atoms with van der Waals surface area (Å²) in [6.07, 6.45) is 5.36. The fraction of sp³-hybridized carbons (Fsp3) is 0.500. The molecule has 1 aromatic heterocycles. The first-order valence-corrected chi connectivity index (χ1v) is 10.6. The Balaban J connectivity index is 1.41. The van der Waals surface area contributed by atoms with E-state index in [0.717, 1.165) is 56.9 Å². The molecule has 4 rings (SSSR count). The van der Waals surface area contributed by atoms with Crippen molar-refractivity contribution in [1.82, 2.24) is 15.3 Å². The molecule has 2 saturated heterocycles. The molecule has 1 amide bonds. The average Bonchev–Trinajstić information content (AvgIpc) is 2.80. The van der Waals surface area contributed by atoms with Gasteiger partial charge in [-0.15, -0.1) is 0 Å². The van der Waals surface area contributed by atoms with Gasteiger partial charge in [0.05, 0.1) is 18.7 Å². The van der Waals surface area contributed by atoms with Gasteiger partial charge >= 0.3 is 0 Å². The monoisotopic (exact) mass is 411 g/mol. The lowest BCUT2D eigenvalue weighted by Crippen LogP contribution is -2.47. The molecular formula is C22H29N5O3. The van der Waals surface area contributed by atoms with Crippen LogP contribution in [0.15, 0.2) is 36.5 Å². The van der Waals surface area contributed by atoms with Crippen LogP contribution in [0.4, 0.5) is 17.5 Å². The van der Waals surface area contributed by atoms with Crippen molar-refractivity contribution in [1.29, 1.82) is 0 Å². The van der Waals surface area contributed by atoms with E-state index in [1.807, 2.05) is 30.3 Å². The molecule has 1 unspecified atom stereocenters. The average molecular weight is 412 g/mol. The number of carbonyl (C=O) groups is 1. The van der Waals surface area contributed by atoms with Gasteiger partial charge in [0.1, 0.15) is 11.6 Å². The summed E-state index contributed by atoms with van der Waals surface area (Å²) in [6, 6.07) is 9.77. The number of para-hydroxylation sites is 2. The molecule has 160 valence electrons. The van der Waals surface area contributed by atoms with E-state index in [4.69, 9.17) is 9.47 Å². The third kappa shape index (κ3) is 4.99. The first-order chi connectivity index (χ1) is 14.7. The second-order valence-electron chi connectivity index (χ2n) is 7.75. The van der Waals surface area contributed by atoms with Crippen molar-refractivity contribution >= 4 is 23.4 Å². The number of benzene rings is 1. The summed E-state index contributed by atoms with van der Waals surface area (Å²) in [7, 11) is 1.64. The summed E-state index contributed by atoms with van der Waals surface area (Å²) in [6.45, 7) is 2.93. The molecule has 8 nitrogen and oxygen atoms in total. The largest absolute Gasteiger partial charge is 0.495 e. The fourth-order valence-electron chi connectivity index (χ4n) is 3.99. The van der Waals surface area contributed by atoms with Crippen molar-refractivity contribution in [2.75, 3.05) is 43.6 Å². The number of ether oxygens (including phenoxy) is 2. The van der Waals surface area contributed by atoms with Crippen LogP contribution >= 0.6 is 0 Å². The van der Waals surface area contributed by atoms with Crippen LogP contribution in [-0.4, -0.2) is 55.3 Å². The number of anilines is 3. The lowest BCUT2D eigenvalue weighted by atomic mass is 9.96. The minimum atomic E-state index is -0.0453. The van der Waals surface area contributed by atoms with E-state index in [1.54, 1.807) is 13.3 Å². The topological polar surface area (TPSA) is 88.6 Å². The number of hydrogen-bond donors (Lipinski definition) is 2. The number of nitrogens with zero attached hydrogens (tertiary/aromatic N) is 3. The highest BCUT2D eigenvalue weighted by Crippen LogP contribution is 2.27. The van der Waals surface area contributed by atoms with E-state index in [1.165, 1.54) is 0 Å². The Morgan fingerprint density at radius 2 is 2.03 bits per heavy atom. The summed E-state index contributed by atoms with van der Waals surface area (Å²) in [5.41, 5.74) is 0.844. The Morgan fingerprint density at radius 1 is 1.20 bits per heavy atom. The van der Waals surface area contributed by atoms with Crippen molar-refractivity contribution in [3.8, 4) is 5.75 Å². The van der Waals surface area contributed by atoms with Gasteiger partial charge in [-0.3, -0.25) is 4.79 Å². The van der Waals surface area contributed by atoms with E-state index in [2.05, 4.69) is 25.5 Å². The summed E-state index contributed by atoms with van der Waals surface area (Å²) in [4.78, 5) is 24.0. The standard InChI is InChI=1S/C22H29N5O3/c1-29-19-7-3-2-6-18(19)25-20-8-11-23-22(26-20)27-12-4-5-16(15-27)21(28)24-17-9-13-30-14-10-17/h2-3,6-8,11,16-17H,4-5,9-10,12-15H2,1H3,(H,24,28)(H,23,25,26). The maximum atomic E-state index is 12.8. The van der Waals surface area contributed by atoms with Gasteiger partial charge in [-0.05, 0) is 43.9 Å². The summed E-state index contributed by atoms with van der Waals surface area (Å²) in [5.74, 6) is 2.17. The molecule has 1 aromatic carbocycles. The number of carbonyl (C=O) groups excluding carboxylic acids is 1. The number of amides is 1. The second kappa shape index (κ2) is 9.75. The zero-order valence-corrected chi connectivity index (χ0v) is 17.3. The van der Waals surface area contributed by atoms with Crippen LogP contribution in [0, 0.1) is 5.92 Å². The molecule has 2 N–H and O–H groups in total. The zero-order valence-electron chi connectivity index (χ0n) is 17.3. The van der Waals surface area contributed by atoms with E-state index in [0.29, 0.717) is 18.3 Å². The van der Waals surface area contributed by atoms with Crippen LogP contribution in [-0.2, 0) is 9.53 Å². The molecule has 0 radical (unpaired) electrons. The smallest absolute Gasteiger partial charge is 0.227 e. The molecule has 3 heterocycles. The molecule has 1 atom stereocenters. The highest BCUT2D eigenvalue weighted by atomic mass is 16.5. The van der Waals surface area contributed by atoms with Crippen LogP contribution in [0.25, 0.3) is 0 Å². The Bertz CT molecular complexity index is 856. The van der Waals surface area contributed by atoms with Crippen LogP contribution < -0.4 is 20.3 Å². The molecule has 8 heteroatoms. The highest BCUT2D eigenvalue weighted by Gasteiger charge is 2.29. The summed E-state index contributed by atoms with van der Waals surface area (Å²) >= 11 is 0. The normalized spacial score (nSPS) is 19.9. The number of aromatic nitrogens is 2. The highest BCUT2D eigenvalue weighted by molar-refractivity contribution is 5.79. The minimum Gasteiger partial charge on any atom is -0.495 e. The zero-order chi connectivity index (χ0) is 20.8. The molecule has 2 aliphatic heterocycles. The molecule has 30 heavy (non-hydrogen) atoms. The van der Waals surface area contributed by atoms with Crippen LogP contribution in [0.3, 0.4) is 0 Å². The molecule has 2 fully saturated rings. The van der Waals surface area contributed by atoms with Gasteiger partial charge in [0.2, 0.25) is 11.9 Å². The summed E-state index contributed by atoms with van der Waals surface area (Å²) < 4.78 is 10.8. The number of piperidine rings is 1. The van der Waals surface area contributed by atoms with Crippen LogP contribution in [0.2, 0.25) is 0 Å². The Kier molecular flexibility index (Phi) is 6.63. The first kappa shape index (κ1) is 20.4. The van der Waals surface area contributed by atoms with Crippen molar-refractivity contribution < 1.29 is 14.3 Å². The SMILES string of the molecule is COc1ccccc1Nc1ccnc(N2CCCC(C(=O)NC3CCOCC3)C2)n1. The predicted octanol–water partition coefficient (Wildman–Crippen LogP) is 2.74. The van der Waals surface area contributed by atoms with Gasteiger partial charge in [-0.1, -0.05) is 12.1 Å². The third-order valence-corrected chi connectivity index (χ3v) is 5.66. The van der Waals surface area contributed by atoms with Gasteiger partial charge < -0.3 is 25.0 Å². The van der Waals surface area contributed by atoms with E-state index in [-0.39, 0.29) is 17.9 Å². The number of methoxy groups -OCH3 is 1. The van der Waals surface area contributed by atoms with E-state index >= 15 is 0 Å². The van der Waals surface area contributed by atoms with Crippen molar-refractivity contribution in [2.24, 2.45) is 5.92 Å². The maximum Gasteiger partial charge on any atom is 0.227 e. The maximum absolute atomic E-state index is 12.8. The second-order valence-corrected chi connectivity index (χ2v) is 7.75. The van der Waals surface area contributed by atoms with Crippen molar-refractivity contribution in [3.05, 3.63) is 36.5 Å². The van der Waals surface area contributed by atoms with Gasteiger partial charge in [0.15, 0.2) is 0 Å². The van der Waals surface area contributed by atoms with Crippen LogP contribution in [0.1, 0.15) is 25.7 Å². The minimum absolute atomic E-state index is 0.0453. The molecule has 2 aliphatic rings. The van der Waals surface area contributed by atoms with E-state index < -0.39 is 0 Å². The van der Waals surface area contributed by atoms with Crippen molar-refractivity contribution in [3.63, 3.8) is 0 Å². The molecule has 0 spiro atoms. The molecule has 0 saturated carbocycles. The lowest BCUT2D eigenvalue weighted by Gasteiger charge is -2.33. The molecule has 2 aromatic rings. The fourth-order valence-corrected chi connectivity index (χ4v) is 3.99.